The van der Waals surface area contributed by atoms with E-state index in [2.05, 4.69) is 98.3 Å². The van der Waals surface area contributed by atoms with Crippen LogP contribution in [0.5, 0.6) is 0 Å². The van der Waals surface area contributed by atoms with Crippen molar-refractivity contribution in [2.75, 3.05) is 0 Å². The first-order valence-corrected chi connectivity index (χ1v) is 17.2. The van der Waals surface area contributed by atoms with Crippen molar-refractivity contribution in [2.24, 2.45) is 0 Å². The van der Waals surface area contributed by atoms with Crippen LogP contribution >= 0.6 is 0 Å². The first-order chi connectivity index (χ1) is 23.6. The van der Waals surface area contributed by atoms with E-state index in [1.165, 1.54) is 11.1 Å². The van der Waals surface area contributed by atoms with Gasteiger partial charge in [0.05, 0.1) is 11.4 Å². The fourth-order valence-corrected chi connectivity index (χ4v) is 6.91. The van der Waals surface area contributed by atoms with Crippen LogP contribution in [0, 0.1) is 0 Å². The zero-order valence-corrected chi connectivity index (χ0v) is 28.3. The molecule has 5 heteroatoms. The van der Waals surface area contributed by atoms with Crippen LogP contribution in [0.25, 0.3) is 28.3 Å². The van der Waals surface area contributed by atoms with Crippen LogP contribution in [0.1, 0.15) is 66.1 Å². The summed E-state index contributed by atoms with van der Waals surface area (Å²) in [4.78, 5) is 21.9. The predicted molar refractivity (Wildman–Crippen MR) is 201 cm³/mol. The highest BCUT2D eigenvalue weighted by atomic mass is 16.4. The molecule has 4 aromatic carbocycles. The number of H-pyrrole nitrogens is 2. The number of carbonyl (C=O) groups is 1. The number of hydrogen-bond acceptors (Lipinski definition) is 2. The van der Waals surface area contributed by atoms with Gasteiger partial charge in [0, 0.05) is 17.5 Å². The number of rotatable bonds is 13. The maximum absolute atomic E-state index is 14.6. The van der Waals surface area contributed by atoms with Gasteiger partial charge in [-0.3, -0.25) is 4.79 Å². The number of benzene rings is 4. The Morgan fingerprint density at radius 1 is 0.542 bits per heavy atom. The third kappa shape index (κ3) is 6.59. The van der Waals surface area contributed by atoms with Gasteiger partial charge in [0.25, 0.3) is 0 Å². The van der Waals surface area contributed by atoms with Gasteiger partial charge in [0.15, 0.2) is 0 Å². The minimum Gasteiger partial charge on any atom is -0.550 e. The molecule has 0 aliphatic heterocycles. The van der Waals surface area contributed by atoms with E-state index in [4.69, 9.17) is 4.65 Å². The van der Waals surface area contributed by atoms with E-state index in [-0.39, 0.29) is 5.78 Å². The lowest BCUT2D eigenvalue weighted by molar-refractivity contribution is 0.104. The van der Waals surface area contributed by atoms with Crippen molar-refractivity contribution in [2.45, 2.75) is 53.4 Å². The van der Waals surface area contributed by atoms with Crippen molar-refractivity contribution in [3.8, 4) is 22.5 Å². The second kappa shape index (κ2) is 15.1. The first-order valence-electron chi connectivity index (χ1n) is 17.2. The van der Waals surface area contributed by atoms with Gasteiger partial charge in [0.2, 0.25) is 5.78 Å². The third-order valence-electron chi connectivity index (χ3n) is 9.18. The largest absolute Gasteiger partial charge is 0.550 e. The summed E-state index contributed by atoms with van der Waals surface area (Å²) in [6.07, 6.45) is 4.92. The van der Waals surface area contributed by atoms with Gasteiger partial charge in [-0.1, -0.05) is 149 Å². The van der Waals surface area contributed by atoms with E-state index in [0.717, 1.165) is 75.9 Å². The lowest BCUT2D eigenvalue weighted by atomic mass is 9.55. The molecule has 0 atom stereocenters. The Kier molecular flexibility index (Phi) is 10.3. The fraction of sp³-hybridized carbons (Fsp3) is 0.186. The van der Waals surface area contributed by atoms with Gasteiger partial charge >= 0.3 is 6.92 Å². The Bertz CT molecular complexity index is 1950. The lowest BCUT2D eigenvalue weighted by Gasteiger charge is -2.20. The monoisotopic (exact) mass is 630 g/mol. The topological polar surface area (TPSA) is 57.9 Å². The molecule has 48 heavy (non-hydrogen) atoms. The van der Waals surface area contributed by atoms with Gasteiger partial charge in [-0.25, -0.2) is 0 Å². The zero-order chi connectivity index (χ0) is 33.5. The molecule has 0 fully saturated rings. The van der Waals surface area contributed by atoms with E-state index in [0.29, 0.717) is 11.5 Å². The van der Waals surface area contributed by atoms with Crippen LogP contribution in [-0.4, -0.2) is 22.7 Å². The maximum Gasteiger partial charge on any atom is 0.426 e. The smallest absolute Gasteiger partial charge is 0.426 e. The Balaban J connectivity index is 1.56. The predicted octanol–water partition coefficient (Wildman–Crippen LogP) is 8.97. The van der Waals surface area contributed by atoms with Crippen molar-refractivity contribution in [1.82, 2.24) is 9.97 Å². The van der Waals surface area contributed by atoms with E-state index in [1.54, 1.807) is 6.08 Å². The van der Waals surface area contributed by atoms with E-state index >= 15 is 0 Å². The van der Waals surface area contributed by atoms with Crippen molar-refractivity contribution < 1.29 is 9.45 Å². The van der Waals surface area contributed by atoms with Crippen LogP contribution in [-0.2, 0) is 30.3 Å². The average Bonchev–Trinajstić information content (AvgIpc) is 3.73. The Morgan fingerprint density at radius 3 is 1.33 bits per heavy atom. The van der Waals surface area contributed by atoms with Crippen molar-refractivity contribution >= 4 is 29.4 Å². The van der Waals surface area contributed by atoms with Gasteiger partial charge in [-0.2, -0.15) is 0 Å². The molecule has 4 nitrogen and oxygen atoms in total. The average molecular weight is 631 g/mol. The molecule has 0 amide bonds. The number of aromatic nitrogens is 2. The second-order valence-electron chi connectivity index (χ2n) is 12.0. The molecule has 0 saturated heterocycles. The normalized spacial score (nSPS) is 11.5. The lowest BCUT2D eigenvalue weighted by Crippen LogP contribution is -2.44. The Hall–Kier alpha value is -5.29. The molecule has 0 bridgehead atoms. The highest BCUT2D eigenvalue weighted by Gasteiger charge is 2.29. The van der Waals surface area contributed by atoms with Crippen LogP contribution < -0.4 is 10.9 Å². The van der Waals surface area contributed by atoms with Crippen LogP contribution in [0.2, 0.25) is 0 Å². The third-order valence-corrected chi connectivity index (χ3v) is 9.18. The first kappa shape index (κ1) is 32.6. The van der Waals surface area contributed by atoms with Crippen LogP contribution in [0.4, 0.5) is 0 Å². The zero-order valence-electron chi connectivity index (χ0n) is 28.3. The fourth-order valence-electron chi connectivity index (χ4n) is 6.91. The highest BCUT2D eigenvalue weighted by molar-refractivity contribution is 6.80. The molecule has 0 saturated carbocycles. The van der Waals surface area contributed by atoms with E-state index in [1.807, 2.05) is 60.7 Å². The molecule has 2 N–H and O–H groups in total. The van der Waals surface area contributed by atoms with Gasteiger partial charge < -0.3 is 14.6 Å². The summed E-state index contributed by atoms with van der Waals surface area (Å²) in [7, 11) is 0. The number of aromatic amines is 2. The SMILES string of the molecule is CCc1c(C(=O)/C=C(/OB(c2ccccc2)c2ccccc2)c2[nH]c(-c3ccccc3)c(CC)c2CC)[nH]c(-c2ccccc2)c1CC. The molecule has 2 heterocycles. The molecule has 0 spiro atoms. The minimum absolute atomic E-state index is 0.102. The van der Waals surface area contributed by atoms with Crippen molar-refractivity contribution in [3.05, 3.63) is 161 Å². The summed E-state index contributed by atoms with van der Waals surface area (Å²) in [6, 6.07) is 41.2. The van der Waals surface area contributed by atoms with Gasteiger partial charge in [-0.15, -0.1) is 0 Å². The van der Waals surface area contributed by atoms with Crippen LogP contribution in [0.15, 0.2) is 127 Å². The molecule has 0 aliphatic carbocycles. The number of allylic oxidation sites excluding steroid dienone is 1. The molecule has 0 unspecified atom stereocenters. The Morgan fingerprint density at radius 2 is 0.917 bits per heavy atom. The molecule has 6 rings (SSSR count). The van der Waals surface area contributed by atoms with Crippen molar-refractivity contribution in [3.63, 3.8) is 0 Å². The number of hydrogen-bond donors (Lipinski definition) is 2. The number of ketones is 1. The summed E-state index contributed by atoms with van der Waals surface area (Å²) in [5.74, 6) is 0.428. The summed E-state index contributed by atoms with van der Waals surface area (Å²) in [5, 5.41) is 0. The summed E-state index contributed by atoms with van der Waals surface area (Å²) in [5.41, 5.74) is 12.4. The molecular formula is C43H43BN2O2. The van der Waals surface area contributed by atoms with Gasteiger partial charge in [-0.05, 0) is 70.0 Å². The van der Waals surface area contributed by atoms with Crippen molar-refractivity contribution in [1.29, 1.82) is 0 Å². The summed E-state index contributed by atoms with van der Waals surface area (Å²) in [6.45, 7) is 8.21. The quantitative estimate of drug-likeness (QED) is 0.0579. The molecule has 0 aliphatic rings. The van der Waals surface area contributed by atoms with E-state index < -0.39 is 6.92 Å². The molecular weight excluding hydrogens is 587 g/mol. The summed E-state index contributed by atoms with van der Waals surface area (Å²) < 4.78 is 7.11. The standard InChI is InChI=1S/C43H43BN2O2/c1-5-34-36(7-3)42(45-40(34)30-21-13-9-14-22-30)38(47)29-39(48-44(32-25-17-11-18-26-32)33-27-19-12-20-28-33)43-37(8-4)35(6-2)41(46-43)31-23-15-10-16-24-31/h9-29,45-46H,5-8H2,1-4H3/b39-29+. The number of nitrogens with one attached hydrogen (secondary N) is 2. The van der Waals surface area contributed by atoms with Crippen LogP contribution in [0.3, 0.4) is 0 Å². The summed E-state index contributed by atoms with van der Waals surface area (Å²) >= 11 is 0. The molecule has 0 radical (unpaired) electrons. The molecule has 240 valence electrons. The molecule has 6 aromatic rings. The Labute approximate surface area is 285 Å². The van der Waals surface area contributed by atoms with E-state index in [9.17, 15) is 4.79 Å². The maximum atomic E-state index is 14.6. The number of carbonyl (C=O) groups excluding carboxylic acids is 1. The second-order valence-corrected chi connectivity index (χ2v) is 12.0. The highest BCUT2D eigenvalue weighted by Crippen LogP contribution is 2.35. The molecule has 2 aromatic heterocycles. The minimum atomic E-state index is -0.426. The van der Waals surface area contributed by atoms with Gasteiger partial charge in [0.1, 0.15) is 5.76 Å².